The molecule has 31 heavy (non-hydrogen) atoms. The summed E-state index contributed by atoms with van der Waals surface area (Å²) in [6, 6.07) is 11.7. The van der Waals surface area contributed by atoms with Gasteiger partial charge in [0.1, 0.15) is 5.70 Å². The number of aliphatic hydroxyl groups is 1. The van der Waals surface area contributed by atoms with Crippen LogP contribution in [0.5, 0.6) is 0 Å². The molecule has 2 amide bonds. The number of piperidine rings is 1. The van der Waals surface area contributed by atoms with Crippen LogP contribution >= 0.6 is 0 Å². The molecule has 5 nitrogen and oxygen atoms in total. The Morgan fingerprint density at radius 3 is 2.39 bits per heavy atom. The van der Waals surface area contributed by atoms with Gasteiger partial charge in [0.05, 0.1) is 11.3 Å². The molecule has 2 heterocycles. The summed E-state index contributed by atoms with van der Waals surface area (Å²) in [5, 5.41) is 9.71. The van der Waals surface area contributed by atoms with E-state index in [1.807, 2.05) is 69.0 Å². The predicted octanol–water partition coefficient (Wildman–Crippen LogP) is 3.91. The second-order valence-electron chi connectivity index (χ2n) is 8.90. The van der Waals surface area contributed by atoms with Crippen molar-refractivity contribution >= 4 is 23.1 Å². The van der Waals surface area contributed by atoms with E-state index in [-0.39, 0.29) is 24.3 Å². The molecule has 1 saturated heterocycles. The van der Waals surface area contributed by atoms with Crippen molar-refractivity contribution < 1.29 is 14.7 Å². The number of rotatable bonds is 4. The third-order valence-electron chi connectivity index (χ3n) is 6.54. The van der Waals surface area contributed by atoms with Crippen LogP contribution in [0.3, 0.4) is 0 Å². The molecule has 162 valence electrons. The molecular weight excluding hydrogens is 388 g/mol. The molecule has 2 aromatic rings. The average molecular weight is 419 g/mol. The zero-order valence-corrected chi connectivity index (χ0v) is 18.7. The van der Waals surface area contributed by atoms with Crippen molar-refractivity contribution in [2.75, 3.05) is 24.6 Å². The predicted molar refractivity (Wildman–Crippen MR) is 123 cm³/mol. The highest BCUT2D eigenvalue weighted by Gasteiger charge is 2.43. The lowest BCUT2D eigenvalue weighted by Gasteiger charge is -2.34. The number of likely N-dealkylation sites (tertiary alicyclic amines) is 1. The number of nitrogens with zero attached hydrogens (tertiary/aromatic N) is 2. The molecular formula is C26H30N2O3. The van der Waals surface area contributed by atoms with E-state index in [0.29, 0.717) is 30.0 Å². The highest BCUT2D eigenvalue weighted by atomic mass is 16.3. The Balaban J connectivity index is 1.85. The third-order valence-corrected chi connectivity index (χ3v) is 6.54. The average Bonchev–Trinajstić information content (AvgIpc) is 3.00. The summed E-state index contributed by atoms with van der Waals surface area (Å²) in [6.45, 7) is 9.36. The van der Waals surface area contributed by atoms with Gasteiger partial charge < -0.3 is 10.0 Å². The molecule has 0 aromatic heterocycles. The van der Waals surface area contributed by atoms with E-state index >= 15 is 0 Å². The second kappa shape index (κ2) is 8.31. The Labute approximate surface area is 184 Å². The third kappa shape index (κ3) is 3.79. The lowest BCUT2D eigenvalue weighted by atomic mass is 9.96. The summed E-state index contributed by atoms with van der Waals surface area (Å²) in [4.78, 5) is 30.8. The number of aliphatic hydroxyl groups excluding tert-OH is 1. The number of anilines is 1. The fourth-order valence-corrected chi connectivity index (χ4v) is 4.66. The van der Waals surface area contributed by atoms with Crippen LogP contribution in [0.15, 0.2) is 42.1 Å². The van der Waals surface area contributed by atoms with Crippen LogP contribution in [-0.2, 0) is 9.59 Å². The maximum absolute atomic E-state index is 13.7. The van der Waals surface area contributed by atoms with Crippen LogP contribution in [0.4, 0.5) is 5.69 Å². The number of imide groups is 1. The van der Waals surface area contributed by atoms with Crippen LogP contribution in [0.1, 0.15) is 40.7 Å². The minimum absolute atomic E-state index is 0.0890. The molecule has 2 aromatic carbocycles. The fourth-order valence-electron chi connectivity index (χ4n) is 4.66. The first-order valence-corrected chi connectivity index (χ1v) is 11.0. The summed E-state index contributed by atoms with van der Waals surface area (Å²) >= 11 is 0. The van der Waals surface area contributed by atoms with Gasteiger partial charge in [0.15, 0.2) is 0 Å². The van der Waals surface area contributed by atoms with Gasteiger partial charge in [0.2, 0.25) is 0 Å². The lowest BCUT2D eigenvalue weighted by Crippen LogP contribution is -2.40. The summed E-state index contributed by atoms with van der Waals surface area (Å²) < 4.78 is 0. The van der Waals surface area contributed by atoms with Gasteiger partial charge in [-0.15, -0.1) is 0 Å². The van der Waals surface area contributed by atoms with Gasteiger partial charge in [-0.25, -0.2) is 4.90 Å². The van der Waals surface area contributed by atoms with Gasteiger partial charge in [-0.05, 0) is 74.8 Å². The first kappa shape index (κ1) is 21.3. The summed E-state index contributed by atoms with van der Waals surface area (Å²) in [5.74, 6) is -0.439. The minimum Gasteiger partial charge on any atom is -0.396 e. The van der Waals surface area contributed by atoms with E-state index in [0.717, 1.165) is 40.7 Å². The zero-order valence-electron chi connectivity index (χ0n) is 18.7. The molecule has 0 spiro atoms. The van der Waals surface area contributed by atoms with E-state index in [4.69, 9.17) is 0 Å². The highest BCUT2D eigenvalue weighted by Crippen LogP contribution is 2.38. The molecule has 0 radical (unpaired) electrons. The molecule has 2 aliphatic heterocycles. The Kier molecular flexibility index (Phi) is 5.71. The SMILES string of the molecule is Cc1ccc(N2C(=O)C(c3ccc(C)c(C)c3)=C(N3CCCC(CO)C3)C2=O)c(C)c1. The van der Waals surface area contributed by atoms with Crippen molar-refractivity contribution in [1.29, 1.82) is 0 Å². The standard InChI is InChI=1S/C26H30N2O3/c1-16-7-10-22(19(4)12-16)28-25(30)23(21-9-8-17(2)18(3)13-21)24(26(28)31)27-11-5-6-20(14-27)15-29/h7-10,12-13,20,29H,5-6,11,14-15H2,1-4H3. The van der Waals surface area contributed by atoms with Crippen molar-refractivity contribution in [2.45, 2.75) is 40.5 Å². The van der Waals surface area contributed by atoms with Crippen molar-refractivity contribution in [1.82, 2.24) is 4.90 Å². The molecule has 5 heteroatoms. The van der Waals surface area contributed by atoms with Crippen LogP contribution in [-0.4, -0.2) is 41.5 Å². The van der Waals surface area contributed by atoms with Crippen LogP contribution < -0.4 is 4.90 Å². The van der Waals surface area contributed by atoms with Gasteiger partial charge in [0, 0.05) is 19.7 Å². The first-order chi connectivity index (χ1) is 14.8. The highest BCUT2D eigenvalue weighted by molar-refractivity contribution is 6.45. The number of amides is 2. The van der Waals surface area contributed by atoms with Gasteiger partial charge in [-0.3, -0.25) is 9.59 Å². The largest absolute Gasteiger partial charge is 0.396 e. The molecule has 0 bridgehead atoms. The van der Waals surface area contributed by atoms with Crippen LogP contribution in [0.2, 0.25) is 0 Å². The Bertz CT molecular complexity index is 1090. The van der Waals surface area contributed by atoms with E-state index in [9.17, 15) is 14.7 Å². The molecule has 1 atom stereocenters. The van der Waals surface area contributed by atoms with Gasteiger partial charge >= 0.3 is 0 Å². The molecule has 2 aliphatic rings. The van der Waals surface area contributed by atoms with Crippen molar-refractivity contribution in [3.05, 3.63) is 69.9 Å². The zero-order chi connectivity index (χ0) is 22.3. The normalized spacial score (nSPS) is 19.6. The topological polar surface area (TPSA) is 60.9 Å². The number of hydrogen-bond donors (Lipinski definition) is 1. The van der Waals surface area contributed by atoms with Gasteiger partial charge in [-0.2, -0.15) is 0 Å². The number of carbonyl (C=O) groups excluding carboxylic acids is 2. The van der Waals surface area contributed by atoms with E-state index in [2.05, 4.69) is 0 Å². The van der Waals surface area contributed by atoms with E-state index in [1.165, 1.54) is 4.90 Å². The molecule has 1 unspecified atom stereocenters. The molecule has 1 N–H and O–H groups in total. The molecule has 1 fully saturated rings. The number of aryl methyl sites for hydroxylation is 4. The van der Waals surface area contributed by atoms with E-state index < -0.39 is 0 Å². The monoisotopic (exact) mass is 418 g/mol. The van der Waals surface area contributed by atoms with Crippen LogP contribution in [0, 0.1) is 33.6 Å². The minimum atomic E-state index is -0.277. The first-order valence-electron chi connectivity index (χ1n) is 11.0. The van der Waals surface area contributed by atoms with Crippen molar-refractivity contribution in [3.8, 4) is 0 Å². The maximum Gasteiger partial charge on any atom is 0.282 e. The smallest absolute Gasteiger partial charge is 0.282 e. The Morgan fingerprint density at radius 1 is 0.935 bits per heavy atom. The summed E-state index contributed by atoms with van der Waals surface area (Å²) in [7, 11) is 0. The Morgan fingerprint density at radius 2 is 1.71 bits per heavy atom. The summed E-state index contributed by atoms with van der Waals surface area (Å²) in [6.07, 6.45) is 1.82. The number of hydrogen-bond acceptors (Lipinski definition) is 4. The quantitative estimate of drug-likeness (QED) is 0.765. The second-order valence-corrected chi connectivity index (χ2v) is 8.90. The fraction of sp³-hybridized carbons (Fsp3) is 0.385. The summed E-state index contributed by atoms with van der Waals surface area (Å²) in [5.41, 5.74) is 6.55. The molecule has 0 aliphatic carbocycles. The lowest BCUT2D eigenvalue weighted by molar-refractivity contribution is -0.120. The molecule has 4 rings (SSSR count). The number of carbonyl (C=O) groups is 2. The van der Waals surface area contributed by atoms with Crippen molar-refractivity contribution in [2.24, 2.45) is 5.92 Å². The van der Waals surface area contributed by atoms with E-state index in [1.54, 1.807) is 0 Å². The van der Waals surface area contributed by atoms with Gasteiger partial charge in [-0.1, -0.05) is 35.9 Å². The Hall–Kier alpha value is -2.92. The molecule has 0 saturated carbocycles. The van der Waals surface area contributed by atoms with Gasteiger partial charge in [0.25, 0.3) is 11.8 Å². The number of benzene rings is 2. The maximum atomic E-state index is 13.7. The van der Waals surface area contributed by atoms with Crippen LogP contribution in [0.25, 0.3) is 5.57 Å². The van der Waals surface area contributed by atoms with Crippen molar-refractivity contribution in [3.63, 3.8) is 0 Å².